The van der Waals surface area contributed by atoms with Gasteiger partial charge in [-0.3, -0.25) is 4.79 Å². The molecule has 33 heavy (non-hydrogen) atoms. The van der Waals surface area contributed by atoms with Crippen LogP contribution in [0, 0.1) is 5.82 Å². The van der Waals surface area contributed by atoms with E-state index in [-0.39, 0.29) is 17.9 Å². The fourth-order valence-corrected chi connectivity index (χ4v) is 3.09. The van der Waals surface area contributed by atoms with Gasteiger partial charge in [0, 0.05) is 5.39 Å². The van der Waals surface area contributed by atoms with Crippen molar-refractivity contribution in [2.75, 3.05) is 6.61 Å². The number of rotatable bonds is 7. The van der Waals surface area contributed by atoms with E-state index >= 15 is 0 Å². The molecule has 0 aromatic heterocycles. The molecule has 6 nitrogen and oxygen atoms in total. The summed E-state index contributed by atoms with van der Waals surface area (Å²) < 4.78 is 24.5. The van der Waals surface area contributed by atoms with Gasteiger partial charge in [-0.25, -0.2) is 14.6 Å². The lowest BCUT2D eigenvalue weighted by molar-refractivity contribution is -0.123. The summed E-state index contributed by atoms with van der Waals surface area (Å²) in [5.74, 6) is -0.963. The van der Waals surface area contributed by atoms with Crippen LogP contribution in [0.2, 0.25) is 0 Å². The van der Waals surface area contributed by atoms with Crippen molar-refractivity contribution in [3.8, 4) is 11.5 Å². The Morgan fingerprint density at radius 1 is 0.879 bits per heavy atom. The zero-order valence-electron chi connectivity index (χ0n) is 17.4. The predicted octanol–water partition coefficient (Wildman–Crippen LogP) is 4.73. The Hall–Kier alpha value is -4.52. The fourth-order valence-electron chi connectivity index (χ4n) is 3.09. The van der Waals surface area contributed by atoms with Crippen molar-refractivity contribution >= 4 is 28.9 Å². The van der Waals surface area contributed by atoms with Crippen LogP contribution in [0.4, 0.5) is 4.39 Å². The Morgan fingerprint density at radius 2 is 1.61 bits per heavy atom. The molecule has 0 atom stereocenters. The minimum Gasteiger partial charge on any atom is -0.483 e. The first-order chi connectivity index (χ1) is 16.1. The molecule has 4 rings (SSSR count). The summed E-state index contributed by atoms with van der Waals surface area (Å²) >= 11 is 0. The second-order valence-electron chi connectivity index (χ2n) is 7.00. The molecule has 4 aromatic carbocycles. The molecule has 7 heteroatoms. The highest BCUT2D eigenvalue weighted by molar-refractivity contribution is 5.91. The van der Waals surface area contributed by atoms with Gasteiger partial charge in [-0.2, -0.15) is 5.10 Å². The molecule has 0 heterocycles. The average molecular weight is 442 g/mol. The standard InChI is InChI=1S/C26H19FN2O4/c27-23-10-4-3-9-22(23)26(31)33-20-14-12-18(13-15-20)16-28-29-25(30)17-32-24-11-5-7-19-6-1-2-8-21(19)24/h1-16H,17H2,(H,29,30)/b28-16+. The molecule has 0 fully saturated rings. The number of fused-ring (bicyclic) bond motifs is 1. The van der Waals surface area contributed by atoms with Crippen LogP contribution in [-0.2, 0) is 4.79 Å². The van der Waals surface area contributed by atoms with Crippen molar-refractivity contribution in [1.29, 1.82) is 0 Å². The highest BCUT2D eigenvalue weighted by atomic mass is 19.1. The smallest absolute Gasteiger partial charge is 0.346 e. The van der Waals surface area contributed by atoms with Crippen LogP contribution < -0.4 is 14.9 Å². The third-order valence-electron chi connectivity index (χ3n) is 4.70. The van der Waals surface area contributed by atoms with Crippen LogP contribution in [0.25, 0.3) is 10.8 Å². The first kappa shape index (κ1) is 21.7. The highest BCUT2D eigenvalue weighted by Crippen LogP contribution is 2.25. The summed E-state index contributed by atoms with van der Waals surface area (Å²) in [7, 11) is 0. The van der Waals surface area contributed by atoms with Crippen molar-refractivity contribution in [3.05, 3.63) is 108 Å². The van der Waals surface area contributed by atoms with E-state index in [9.17, 15) is 14.0 Å². The fraction of sp³-hybridized carbons (Fsp3) is 0.0385. The van der Waals surface area contributed by atoms with Crippen molar-refractivity contribution in [2.24, 2.45) is 5.10 Å². The van der Waals surface area contributed by atoms with Crippen LogP contribution >= 0.6 is 0 Å². The molecule has 0 unspecified atom stereocenters. The maximum atomic E-state index is 13.7. The molecular formula is C26H19FN2O4. The SMILES string of the molecule is O=C(COc1cccc2ccccc12)N/N=C/c1ccc(OC(=O)c2ccccc2F)cc1. The normalized spacial score (nSPS) is 10.8. The maximum Gasteiger partial charge on any atom is 0.346 e. The number of esters is 1. The van der Waals surface area contributed by atoms with Gasteiger partial charge in [-0.05, 0) is 53.4 Å². The van der Waals surface area contributed by atoms with Gasteiger partial charge < -0.3 is 9.47 Å². The number of nitrogens with one attached hydrogen (secondary N) is 1. The Morgan fingerprint density at radius 3 is 2.42 bits per heavy atom. The number of hydrogen-bond donors (Lipinski definition) is 1. The van der Waals surface area contributed by atoms with Gasteiger partial charge in [0.2, 0.25) is 0 Å². The lowest BCUT2D eigenvalue weighted by Crippen LogP contribution is -2.24. The number of amides is 1. The number of halogens is 1. The van der Waals surface area contributed by atoms with E-state index in [4.69, 9.17) is 9.47 Å². The number of benzene rings is 4. The first-order valence-electron chi connectivity index (χ1n) is 10.1. The number of carbonyl (C=O) groups is 2. The van der Waals surface area contributed by atoms with Crippen LogP contribution in [-0.4, -0.2) is 24.7 Å². The van der Waals surface area contributed by atoms with E-state index in [1.807, 2.05) is 36.4 Å². The van der Waals surface area contributed by atoms with Crippen LogP contribution in [0.15, 0.2) is 96.1 Å². The van der Waals surface area contributed by atoms with Gasteiger partial charge in [-0.15, -0.1) is 0 Å². The summed E-state index contributed by atoms with van der Waals surface area (Å²) in [6.45, 7) is -0.184. The number of hydrazone groups is 1. The number of ether oxygens (including phenoxy) is 2. The van der Waals surface area contributed by atoms with Crippen LogP contribution in [0.3, 0.4) is 0 Å². The molecule has 0 aliphatic heterocycles. The third-order valence-corrected chi connectivity index (χ3v) is 4.70. The minimum absolute atomic E-state index is 0.142. The first-order valence-corrected chi connectivity index (χ1v) is 10.1. The zero-order valence-corrected chi connectivity index (χ0v) is 17.4. The molecule has 0 saturated carbocycles. The minimum atomic E-state index is -0.784. The van der Waals surface area contributed by atoms with E-state index in [1.165, 1.54) is 24.4 Å². The van der Waals surface area contributed by atoms with Gasteiger partial charge in [0.1, 0.15) is 17.3 Å². The summed E-state index contributed by atoms with van der Waals surface area (Å²) in [5, 5.41) is 5.85. The summed E-state index contributed by atoms with van der Waals surface area (Å²) in [6, 6.07) is 25.4. The summed E-state index contributed by atoms with van der Waals surface area (Å²) in [4.78, 5) is 24.1. The summed E-state index contributed by atoms with van der Waals surface area (Å²) in [6.07, 6.45) is 1.44. The van der Waals surface area contributed by atoms with E-state index < -0.39 is 17.7 Å². The second-order valence-corrected chi connectivity index (χ2v) is 7.00. The van der Waals surface area contributed by atoms with Gasteiger partial charge in [-0.1, -0.05) is 48.5 Å². The van der Waals surface area contributed by atoms with Crippen molar-refractivity contribution in [2.45, 2.75) is 0 Å². The van der Waals surface area contributed by atoms with Gasteiger partial charge >= 0.3 is 5.97 Å². The van der Waals surface area contributed by atoms with Gasteiger partial charge in [0.05, 0.1) is 11.8 Å². The van der Waals surface area contributed by atoms with Crippen molar-refractivity contribution in [1.82, 2.24) is 5.43 Å². The molecular weight excluding hydrogens is 423 g/mol. The lowest BCUT2D eigenvalue weighted by atomic mass is 10.1. The maximum absolute atomic E-state index is 13.7. The molecule has 4 aromatic rings. The molecule has 1 amide bonds. The topological polar surface area (TPSA) is 77.0 Å². The molecule has 0 saturated heterocycles. The summed E-state index contributed by atoms with van der Waals surface area (Å²) in [5.41, 5.74) is 2.92. The van der Waals surface area contributed by atoms with Crippen LogP contribution in [0.5, 0.6) is 11.5 Å². The van der Waals surface area contributed by atoms with E-state index in [0.717, 1.165) is 10.8 Å². The molecule has 1 N–H and O–H groups in total. The largest absolute Gasteiger partial charge is 0.483 e. The van der Waals surface area contributed by atoms with Gasteiger partial charge in [0.25, 0.3) is 5.91 Å². The molecule has 0 aliphatic carbocycles. The monoisotopic (exact) mass is 442 g/mol. The number of carbonyl (C=O) groups excluding carboxylic acids is 2. The lowest BCUT2D eigenvalue weighted by Gasteiger charge is -2.08. The molecule has 0 spiro atoms. The second kappa shape index (κ2) is 10.2. The quantitative estimate of drug-likeness (QED) is 0.194. The molecule has 164 valence electrons. The Kier molecular flexibility index (Phi) is 6.70. The Labute approximate surface area is 189 Å². The van der Waals surface area contributed by atoms with Crippen molar-refractivity contribution in [3.63, 3.8) is 0 Å². The number of nitrogens with zero attached hydrogens (tertiary/aromatic N) is 1. The van der Waals surface area contributed by atoms with Crippen LogP contribution in [0.1, 0.15) is 15.9 Å². The predicted molar refractivity (Wildman–Crippen MR) is 123 cm³/mol. The van der Waals surface area contributed by atoms with E-state index in [2.05, 4.69) is 10.5 Å². The number of hydrogen-bond acceptors (Lipinski definition) is 5. The van der Waals surface area contributed by atoms with E-state index in [1.54, 1.807) is 36.4 Å². The van der Waals surface area contributed by atoms with Gasteiger partial charge in [0.15, 0.2) is 6.61 Å². The van der Waals surface area contributed by atoms with Crippen molar-refractivity contribution < 1.29 is 23.5 Å². The molecule has 0 aliphatic rings. The Bertz CT molecular complexity index is 1310. The zero-order chi connectivity index (χ0) is 23.0. The molecule has 0 radical (unpaired) electrons. The molecule has 0 bridgehead atoms. The third kappa shape index (κ3) is 5.59. The highest BCUT2D eigenvalue weighted by Gasteiger charge is 2.13. The van der Waals surface area contributed by atoms with E-state index in [0.29, 0.717) is 11.3 Å². The average Bonchev–Trinajstić information content (AvgIpc) is 2.84. The Balaban J connectivity index is 1.28.